The average molecular weight is 514 g/mol. The van der Waals surface area contributed by atoms with E-state index in [1.54, 1.807) is 18.2 Å². The van der Waals surface area contributed by atoms with Crippen LogP contribution < -0.4 is 10.6 Å². The van der Waals surface area contributed by atoms with E-state index >= 15 is 0 Å². The third-order valence-electron chi connectivity index (χ3n) is 7.13. The molecule has 0 saturated carbocycles. The van der Waals surface area contributed by atoms with Crippen molar-refractivity contribution in [3.05, 3.63) is 76.1 Å². The van der Waals surface area contributed by atoms with Gasteiger partial charge in [0.1, 0.15) is 0 Å². The van der Waals surface area contributed by atoms with Gasteiger partial charge in [-0.2, -0.15) is 5.10 Å². The Morgan fingerprint density at radius 1 is 1.11 bits per heavy atom. The maximum absolute atomic E-state index is 12.6. The second kappa shape index (κ2) is 9.28. The van der Waals surface area contributed by atoms with Crippen LogP contribution in [0.25, 0.3) is 22.5 Å². The van der Waals surface area contributed by atoms with Gasteiger partial charge in [0.15, 0.2) is 0 Å². The van der Waals surface area contributed by atoms with Crippen LogP contribution in [-0.4, -0.2) is 56.7 Å². The number of hydrogen-bond acceptors (Lipinski definition) is 6. The average Bonchev–Trinajstić information content (AvgIpc) is 3.20. The van der Waals surface area contributed by atoms with Crippen LogP contribution in [-0.2, 0) is 19.9 Å². The van der Waals surface area contributed by atoms with Crippen LogP contribution in [0.3, 0.4) is 0 Å². The third kappa shape index (κ3) is 4.36. The van der Waals surface area contributed by atoms with Gasteiger partial charge in [-0.3, -0.25) is 9.48 Å². The number of carbonyl (C=O) groups excluding carboxylic acids is 1. The molecule has 0 radical (unpaired) electrons. The molecule has 0 spiro atoms. The zero-order valence-corrected chi connectivity index (χ0v) is 21.8. The first-order valence-electron chi connectivity index (χ1n) is 12.4. The molecule has 4 aromatic rings. The first-order chi connectivity index (χ1) is 17.9. The maximum Gasteiger partial charge on any atom is 0.251 e. The molecular weight excluding hydrogens is 486 g/mol. The number of nitrogens with one attached hydrogen (secondary N) is 2. The van der Waals surface area contributed by atoms with E-state index in [0.29, 0.717) is 22.2 Å². The first kappa shape index (κ1) is 23.6. The van der Waals surface area contributed by atoms with Crippen molar-refractivity contribution in [3.63, 3.8) is 0 Å². The maximum atomic E-state index is 12.6. The zero-order valence-electron chi connectivity index (χ0n) is 21.0. The highest BCUT2D eigenvalue weighted by molar-refractivity contribution is 6.33. The predicted octanol–water partition coefficient (Wildman–Crippen LogP) is 4.39. The first-order valence-corrected chi connectivity index (χ1v) is 12.8. The Balaban J connectivity index is 1.30. The third-order valence-corrected chi connectivity index (χ3v) is 7.44. The van der Waals surface area contributed by atoms with Gasteiger partial charge < -0.3 is 15.5 Å². The minimum Gasteiger partial charge on any atom is -0.347 e. The molecule has 0 atom stereocenters. The molecule has 2 aromatic carbocycles. The molecule has 2 aromatic heterocycles. The number of rotatable bonds is 5. The minimum atomic E-state index is -0.121. The van der Waals surface area contributed by atoms with Crippen molar-refractivity contribution in [2.45, 2.75) is 25.8 Å². The highest BCUT2D eigenvalue weighted by Crippen LogP contribution is 2.40. The monoisotopic (exact) mass is 513 g/mol. The standard InChI is InChI=1S/C28H28ClN7O/c1-16-6-4-5-7-20(16)26-24-23(34-36(26)3)11-9-18-13-30-28(33-25(18)24)32-22-10-8-17(12-21(22)29)27(37)31-19-14-35(2)15-19/h4-8,10,12-13,19H,9,11,14-15H2,1-3H3,(H,31,37)(H,30,32,33). The van der Waals surface area contributed by atoms with Crippen LogP contribution in [0.15, 0.2) is 48.7 Å². The lowest BCUT2D eigenvalue weighted by Gasteiger charge is -2.36. The summed E-state index contributed by atoms with van der Waals surface area (Å²) in [5.74, 6) is 0.326. The summed E-state index contributed by atoms with van der Waals surface area (Å²) in [5.41, 5.74) is 8.65. The Labute approximate surface area is 220 Å². The van der Waals surface area contributed by atoms with Crippen LogP contribution in [0.5, 0.6) is 0 Å². The van der Waals surface area contributed by atoms with Gasteiger partial charge in [-0.05, 0) is 56.1 Å². The molecule has 9 heteroatoms. The summed E-state index contributed by atoms with van der Waals surface area (Å²) in [6.07, 6.45) is 3.58. The van der Waals surface area contributed by atoms with Crippen LogP contribution in [0.2, 0.25) is 5.02 Å². The summed E-state index contributed by atoms with van der Waals surface area (Å²) in [6, 6.07) is 13.7. The molecule has 1 fully saturated rings. The number of likely N-dealkylation sites (N-methyl/N-ethyl adjacent to an activating group) is 1. The summed E-state index contributed by atoms with van der Waals surface area (Å²) in [7, 11) is 4.02. The number of fused-ring (bicyclic) bond motifs is 3. The van der Waals surface area contributed by atoms with Gasteiger partial charge in [-0.25, -0.2) is 9.97 Å². The van der Waals surface area contributed by atoms with Crippen LogP contribution in [0, 0.1) is 6.92 Å². The van der Waals surface area contributed by atoms with E-state index in [9.17, 15) is 4.79 Å². The van der Waals surface area contributed by atoms with E-state index in [-0.39, 0.29) is 11.9 Å². The van der Waals surface area contributed by atoms with Crippen molar-refractivity contribution in [2.24, 2.45) is 7.05 Å². The lowest BCUT2D eigenvalue weighted by atomic mass is 9.90. The number of hydrogen-bond donors (Lipinski definition) is 2. The van der Waals surface area contributed by atoms with E-state index in [4.69, 9.17) is 21.7 Å². The fourth-order valence-electron chi connectivity index (χ4n) is 5.21. The number of benzene rings is 2. The molecule has 1 amide bonds. The number of nitrogens with zero attached hydrogens (tertiary/aromatic N) is 5. The van der Waals surface area contributed by atoms with E-state index in [1.807, 2.05) is 31.0 Å². The second-order valence-corrected chi connectivity index (χ2v) is 10.3. The van der Waals surface area contributed by atoms with Crippen molar-refractivity contribution < 1.29 is 4.79 Å². The van der Waals surface area contributed by atoms with E-state index in [0.717, 1.165) is 59.7 Å². The van der Waals surface area contributed by atoms with Gasteiger partial charge in [-0.1, -0.05) is 35.9 Å². The molecule has 1 saturated heterocycles. The van der Waals surface area contributed by atoms with Gasteiger partial charge in [0.25, 0.3) is 5.91 Å². The number of aromatic nitrogens is 4. The summed E-state index contributed by atoms with van der Waals surface area (Å²) in [4.78, 5) is 24.2. The Morgan fingerprint density at radius 3 is 2.68 bits per heavy atom. The lowest BCUT2D eigenvalue weighted by molar-refractivity contribution is 0.0858. The molecule has 2 N–H and O–H groups in total. The molecule has 1 aliphatic carbocycles. The fraction of sp³-hybridized carbons (Fsp3) is 0.286. The van der Waals surface area contributed by atoms with Crippen molar-refractivity contribution in [3.8, 4) is 22.5 Å². The van der Waals surface area contributed by atoms with Gasteiger partial charge in [0.05, 0.1) is 33.8 Å². The molecule has 1 aliphatic heterocycles. The van der Waals surface area contributed by atoms with Crippen molar-refractivity contribution in [1.29, 1.82) is 0 Å². The van der Waals surface area contributed by atoms with Crippen LogP contribution >= 0.6 is 11.6 Å². The number of halogens is 1. The molecule has 6 rings (SSSR count). The van der Waals surface area contributed by atoms with Crippen molar-refractivity contribution >= 4 is 29.1 Å². The molecular formula is C28H28ClN7O. The van der Waals surface area contributed by atoms with E-state index < -0.39 is 0 Å². The second-order valence-electron chi connectivity index (χ2n) is 9.89. The van der Waals surface area contributed by atoms with E-state index in [2.05, 4.69) is 45.6 Å². The fourth-order valence-corrected chi connectivity index (χ4v) is 5.44. The van der Waals surface area contributed by atoms with Crippen LogP contribution in [0.4, 0.5) is 11.6 Å². The van der Waals surface area contributed by atoms with Gasteiger partial charge in [0, 0.05) is 43.0 Å². The molecule has 188 valence electrons. The zero-order chi connectivity index (χ0) is 25.7. The van der Waals surface area contributed by atoms with Gasteiger partial charge >= 0.3 is 0 Å². The summed E-state index contributed by atoms with van der Waals surface area (Å²) in [5, 5.41) is 11.5. The number of likely N-dealkylation sites (tertiary alicyclic amines) is 1. The summed E-state index contributed by atoms with van der Waals surface area (Å²) >= 11 is 6.56. The number of aryl methyl sites for hydroxylation is 4. The number of anilines is 2. The predicted molar refractivity (Wildman–Crippen MR) is 145 cm³/mol. The van der Waals surface area contributed by atoms with Crippen molar-refractivity contribution in [1.82, 2.24) is 30.0 Å². The number of carbonyl (C=O) groups is 1. The molecule has 8 nitrogen and oxygen atoms in total. The SMILES string of the molecule is Cc1ccccc1-c1c2c(nn1C)CCc1cnc(Nc3ccc(C(=O)NC4CN(C)C4)cc3Cl)nc1-2. The summed E-state index contributed by atoms with van der Waals surface area (Å²) < 4.78 is 1.96. The molecule has 0 bridgehead atoms. The molecule has 2 aliphatic rings. The van der Waals surface area contributed by atoms with Crippen molar-refractivity contribution in [2.75, 3.05) is 25.5 Å². The highest BCUT2D eigenvalue weighted by Gasteiger charge is 2.28. The Bertz CT molecular complexity index is 1520. The Kier molecular flexibility index (Phi) is 5.93. The topological polar surface area (TPSA) is 88.0 Å². The normalized spacial score (nSPS) is 15.0. The Morgan fingerprint density at radius 2 is 1.92 bits per heavy atom. The smallest absolute Gasteiger partial charge is 0.251 e. The summed E-state index contributed by atoms with van der Waals surface area (Å²) in [6.45, 7) is 3.83. The molecule has 3 heterocycles. The molecule has 0 unspecified atom stereocenters. The lowest BCUT2D eigenvalue weighted by Crippen LogP contribution is -2.57. The quantitative estimate of drug-likeness (QED) is 0.411. The van der Waals surface area contributed by atoms with Crippen LogP contribution in [0.1, 0.15) is 27.2 Å². The highest BCUT2D eigenvalue weighted by atomic mass is 35.5. The number of amides is 1. The van der Waals surface area contributed by atoms with Gasteiger partial charge in [0.2, 0.25) is 5.95 Å². The Hall–Kier alpha value is -3.75. The minimum absolute atomic E-state index is 0.121. The van der Waals surface area contributed by atoms with E-state index in [1.165, 1.54) is 5.56 Å². The largest absolute Gasteiger partial charge is 0.347 e. The van der Waals surface area contributed by atoms with Gasteiger partial charge in [-0.15, -0.1) is 0 Å². The molecule has 37 heavy (non-hydrogen) atoms.